The van der Waals surface area contributed by atoms with Gasteiger partial charge in [-0.3, -0.25) is 9.78 Å². The highest BCUT2D eigenvalue weighted by Crippen LogP contribution is 2.25. The Labute approximate surface area is 185 Å². The van der Waals surface area contributed by atoms with E-state index in [0.29, 0.717) is 18.0 Å². The number of ether oxygens (including phenoxy) is 2. The fraction of sp³-hybridized carbons (Fsp3) is 0.160. The molecule has 6 heteroatoms. The maximum absolute atomic E-state index is 12.7. The number of hydrogen-bond donors (Lipinski definition) is 0. The number of nitrogens with zero attached hydrogens (tertiary/aromatic N) is 2. The number of hydrogen-bond acceptors (Lipinski definition) is 6. The lowest BCUT2D eigenvalue weighted by molar-refractivity contribution is -0.146. The largest absolute Gasteiger partial charge is 0.486 e. The topological polar surface area (TPSA) is 61.3 Å². The summed E-state index contributed by atoms with van der Waals surface area (Å²) >= 11 is 1.47. The van der Waals surface area contributed by atoms with Crippen LogP contribution in [0.15, 0.2) is 84.4 Å². The average molecular weight is 431 g/mol. The minimum Gasteiger partial charge on any atom is -0.486 e. The van der Waals surface area contributed by atoms with Crippen molar-refractivity contribution < 1.29 is 14.3 Å². The van der Waals surface area contributed by atoms with Gasteiger partial charge < -0.3 is 9.47 Å². The predicted molar refractivity (Wildman–Crippen MR) is 120 cm³/mol. The van der Waals surface area contributed by atoms with Crippen molar-refractivity contribution in [2.24, 2.45) is 0 Å². The molecule has 1 atom stereocenters. The number of pyridine rings is 1. The molecule has 0 aliphatic carbocycles. The molecule has 0 radical (unpaired) electrons. The zero-order chi connectivity index (χ0) is 21.5. The summed E-state index contributed by atoms with van der Waals surface area (Å²) in [5.74, 6) is 0.443. The highest BCUT2D eigenvalue weighted by atomic mass is 32.1. The molecule has 0 saturated heterocycles. The average Bonchev–Trinajstić information content (AvgIpc) is 3.25. The third-order valence-corrected chi connectivity index (χ3v) is 5.49. The Kier molecular flexibility index (Phi) is 6.69. The van der Waals surface area contributed by atoms with Crippen LogP contribution in [0.5, 0.6) is 5.75 Å². The maximum atomic E-state index is 12.7. The molecule has 2 aromatic heterocycles. The normalized spacial score (nSPS) is 11.6. The molecule has 1 unspecified atom stereocenters. The Balaban J connectivity index is 1.39. The van der Waals surface area contributed by atoms with Crippen LogP contribution in [0.2, 0.25) is 0 Å². The van der Waals surface area contributed by atoms with Crippen LogP contribution in [0.1, 0.15) is 33.6 Å². The van der Waals surface area contributed by atoms with Crippen LogP contribution in [0.4, 0.5) is 0 Å². The third kappa shape index (κ3) is 5.77. The van der Waals surface area contributed by atoms with Gasteiger partial charge in [-0.25, -0.2) is 4.98 Å². The second-order valence-electron chi connectivity index (χ2n) is 7.05. The van der Waals surface area contributed by atoms with Gasteiger partial charge in [0.1, 0.15) is 17.4 Å². The highest BCUT2D eigenvalue weighted by molar-refractivity contribution is 7.09. The van der Waals surface area contributed by atoms with Gasteiger partial charge in [-0.15, -0.1) is 11.3 Å². The van der Waals surface area contributed by atoms with E-state index >= 15 is 0 Å². The first kappa shape index (κ1) is 20.8. The molecule has 156 valence electrons. The third-order valence-electron chi connectivity index (χ3n) is 4.62. The second-order valence-corrected chi connectivity index (χ2v) is 7.99. The SMILES string of the molecule is Cc1ccc(OCc2nc(CC(=O)OC(c3ccccc3)c3ccccn3)cs2)cc1. The van der Waals surface area contributed by atoms with Gasteiger partial charge in [0, 0.05) is 11.6 Å². The van der Waals surface area contributed by atoms with Gasteiger partial charge in [0.05, 0.1) is 17.8 Å². The van der Waals surface area contributed by atoms with Crippen LogP contribution in [-0.4, -0.2) is 15.9 Å². The van der Waals surface area contributed by atoms with Crippen LogP contribution < -0.4 is 4.74 Å². The Bertz CT molecular complexity index is 1070. The predicted octanol–water partition coefficient (Wildman–Crippen LogP) is 5.30. The van der Waals surface area contributed by atoms with E-state index in [1.54, 1.807) is 6.20 Å². The Hall–Kier alpha value is -3.51. The smallest absolute Gasteiger partial charge is 0.312 e. The second kappa shape index (κ2) is 10.00. The fourth-order valence-corrected chi connectivity index (χ4v) is 3.76. The number of aryl methyl sites for hydroxylation is 1. The first-order chi connectivity index (χ1) is 15.2. The van der Waals surface area contributed by atoms with E-state index in [9.17, 15) is 4.79 Å². The molecule has 0 saturated carbocycles. The van der Waals surface area contributed by atoms with Gasteiger partial charge in [-0.2, -0.15) is 0 Å². The molecule has 5 nitrogen and oxygen atoms in total. The van der Waals surface area contributed by atoms with Crippen molar-refractivity contribution in [2.75, 3.05) is 0 Å². The molecule has 0 spiro atoms. The van der Waals surface area contributed by atoms with E-state index < -0.39 is 6.10 Å². The van der Waals surface area contributed by atoms with Crippen molar-refractivity contribution in [3.8, 4) is 5.75 Å². The van der Waals surface area contributed by atoms with Crippen molar-refractivity contribution in [1.82, 2.24) is 9.97 Å². The van der Waals surface area contributed by atoms with Gasteiger partial charge in [-0.1, -0.05) is 54.1 Å². The van der Waals surface area contributed by atoms with E-state index in [4.69, 9.17) is 9.47 Å². The molecule has 4 aromatic rings. The molecule has 0 bridgehead atoms. The van der Waals surface area contributed by atoms with Crippen LogP contribution in [0.3, 0.4) is 0 Å². The van der Waals surface area contributed by atoms with Gasteiger partial charge in [-0.05, 0) is 36.8 Å². The van der Waals surface area contributed by atoms with E-state index in [1.807, 2.05) is 85.1 Å². The lowest BCUT2D eigenvalue weighted by Crippen LogP contribution is -2.15. The zero-order valence-electron chi connectivity index (χ0n) is 17.1. The maximum Gasteiger partial charge on any atom is 0.312 e. The lowest BCUT2D eigenvalue weighted by Gasteiger charge is -2.17. The van der Waals surface area contributed by atoms with Crippen LogP contribution in [0, 0.1) is 6.92 Å². The van der Waals surface area contributed by atoms with Gasteiger partial charge >= 0.3 is 5.97 Å². The molecule has 0 amide bonds. The van der Waals surface area contributed by atoms with E-state index in [-0.39, 0.29) is 12.4 Å². The quantitative estimate of drug-likeness (QED) is 0.355. The minimum atomic E-state index is -0.558. The van der Waals surface area contributed by atoms with Crippen LogP contribution >= 0.6 is 11.3 Å². The molecular formula is C25H22N2O3S. The summed E-state index contributed by atoms with van der Waals surface area (Å²) in [5, 5.41) is 2.68. The fourth-order valence-electron chi connectivity index (χ4n) is 3.06. The first-order valence-corrected chi connectivity index (χ1v) is 10.8. The molecule has 0 N–H and O–H groups in total. The Morgan fingerprint density at radius 1 is 1.00 bits per heavy atom. The summed E-state index contributed by atoms with van der Waals surface area (Å²) in [6.07, 6.45) is 1.23. The Morgan fingerprint density at radius 2 is 1.77 bits per heavy atom. The summed E-state index contributed by atoms with van der Waals surface area (Å²) < 4.78 is 11.6. The number of carbonyl (C=O) groups is 1. The molecule has 4 rings (SSSR count). The van der Waals surface area contributed by atoms with Crippen molar-refractivity contribution in [3.63, 3.8) is 0 Å². The standard InChI is InChI=1S/C25H22N2O3S/c1-18-10-12-21(13-11-18)29-16-23-27-20(17-31-23)15-24(28)30-25(19-7-3-2-4-8-19)22-9-5-6-14-26-22/h2-14,17,25H,15-16H2,1H3. The van der Waals surface area contributed by atoms with Crippen molar-refractivity contribution in [2.45, 2.75) is 26.1 Å². The summed E-state index contributed by atoms with van der Waals surface area (Å²) in [6.45, 7) is 2.40. The van der Waals surface area contributed by atoms with Crippen LogP contribution in [-0.2, 0) is 22.6 Å². The van der Waals surface area contributed by atoms with Gasteiger partial charge in [0.25, 0.3) is 0 Å². The number of esters is 1. The van der Waals surface area contributed by atoms with Crippen molar-refractivity contribution >= 4 is 17.3 Å². The highest BCUT2D eigenvalue weighted by Gasteiger charge is 2.21. The first-order valence-electron chi connectivity index (χ1n) is 9.95. The monoisotopic (exact) mass is 430 g/mol. The summed E-state index contributed by atoms with van der Waals surface area (Å²) in [5.41, 5.74) is 3.42. The number of rotatable bonds is 8. The summed E-state index contributed by atoms with van der Waals surface area (Å²) in [4.78, 5) is 21.6. The minimum absolute atomic E-state index is 0.0944. The molecule has 31 heavy (non-hydrogen) atoms. The molecular weight excluding hydrogens is 408 g/mol. The number of thiazole rings is 1. The van der Waals surface area contributed by atoms with Crippen LogP contribution in [0.25, 0.3) is 0 Å². The van der Waals surface area contributed by atoms with E-state index in [0.717, 1.165) is 16.3 Å². The number of aromatic nitrogens is 2. The van der Waals surface area contributed by atoms with Crippen molar-refractivity contribution in [1.29, 1.82) is 0 Å². The van der Waals surface area contributed by atoms with Crippen molar-refractivity contribution in [3.05, 3.63) is 112 Å². The van der Waals surface area contributed by atoms with Gasteiger partial charge in [0.15, 0.2) is 6.10 Å². The molecule has 2 aromatic carbocycles. The number of benzene rings is 2. The molecule has 0 aliphatic heterocycles. The molecule has 2 heterocycles. The zero-order valence-corrected chi connectivity index (χ0v) is 17.9. The lowest BCUT2D eigenvalue weighted by atomic mass is 10.1. The van der Waals surface area contributed by atoms with Gasteiger partial charge in [0.2, 0.25) is 0 Å². The summed E-state index contributed by atoms with van der Waals surface area (Å²) in [6, 6.07) is 23.1. The summed E-state index contributed by atoms with van der Waals surface area (Å²) in [7, 11) is 0. The van der Waals surface area contributed by atoms with E-state index in [1.165, 1.54) is 16.9 Å². The van der Waals surface area contributed by atoms with E-state index in [2.05, 4.69) is 9.97 Å². The number of carbonyl (C=O) groups excluding carboxylic acids is 1. The Morgan fingerprint density at radius 3 is 2.52 bits per heavy atom. The molecule has 0 fully saturated rings. The molecule has 0 aliphatic rings.